The maximum Gasteiger partial charge on any atom is 0.573 e. The molecule has 6 rings (SSSR count). The zero-order valence-corrected chi connectivity index (χ0v) is 26.8. The Bertz CT molecular complexity index is 1930. The minimum atomic E-state index is -4.75. The van der Waals surface area contributed by atoms with Gasteiger partial charge in [-0.25, -0.2) is 9.98 Å². The fraction of sp³-hybridized carbons (Fsp3) is 0.200. The molecule has 0 bridgehead atoms. The predicted octanol–water partition coefficient (Wildman–Crippen LogP) is 6.83. The van der Waals surface area contributed by atoms with Crippen molar-refractivity contribution in [1.29, 1.82) is 5.26 Å². The van der Waals surface area contributed by atoms with Gasteiger partial charge < -0.3 is 25.4 Å². The molecular weight excluding hydrogens is 654 g/mol. The maximum atomic E-state index is 12.5. The van der Waals surface area contributed by atoms with Crippen LogP contribution in [0.3, 0.4) is 0 Å². The number of nitrogens with zero attached hydrogens (tertiary/aromatic N) is 5. The first kappa shape index (κ1) is 33.4. The van der Waals surface area contributed by atoms with Gasteiger partial charge in [-0.2, -0.15) is 5.26 Å². The summed E-state index contributed by atoms with van der Waals surface area (Å²) in [4.78, 5) is 15.5. The van der Waals surface area contributed by atoms with E-state index < -0.39 is 12.5 Å². The third-order valence-corrected chi connectivity index (χ3v) is 8.56. The van der Waals surface area contributed by atoms with E-state index >= 15 is 0 Å². The molecule has 0 saturated carbocycles. The summed E-state index contributed by atoms with van der Waals surface area (Å²) in [5.41, 5.74) is 6.67. The normalized spacial score (nSPS) is 13.4. The Morgan fingerprint density at radius 3 is 2.65 bits per heavy atom. The number of nitriles is 1. The molecule has 10 nitrogen and oxygen atoms in total. The number of aliphatic imine (C=N–C) groups is 1. The number of fused-ring (bicyclic) bond motifs is 1. The quantitative estimate of drug-likeness (QED) is 0.0389. The molecule has 3 aromatic carbocycles. The average Bonchev–Trinajstić information content (AvgIpc) is 3.75. The van der Waals surface area contributed by atoms with E-state index in [-0.39, 0.29) is 11.7 Å². The van der Waals surface area contributed by atoms with Gasteiger partial charge in [0.25, 0.3) is 0 Å². The van der Waals surface area contributed by atoms with E-state index in [9.17, 15) is 23.5 Å². The Morgan fingerprint density at radius 2 is 1.92 bits per heavy atom. The van der Waals surface area contributed by atoms with Crippen LogP contribution < -0.4 is 25.6 Å². The highest BCUT2D eigenvalue weighted by Gasteiger charge is 2.31. The molecule has 0 fully saturated rings. The molecule has 49 heavy (non-hydrogen) atoms. The number of pyridine rings is 1. The molecule has 0 radical (unpaired) electrons. The van der Waals surface area contributed by atoms with Gasteiger partial charge in [-0.05, 0) is 85.1 Å². The second-order valence-electron chi connectivity index (χ2n) is 11.1. The van der Waals surface area contributed by atoms with Crippen LogP contribution in [-0.2, 0) is 12.8 Å². The zero-order valence-electron chi connectivity index (χ0n) is 26.0. The summed E-state index contributed by atoms with van der Waals surface area (Å²) in [6.45, 7) is 1.83. The summed E-state index contributed by atoms with van der Waals surface area (Å²) in [7, 11) is 0. The minimum Gasteiger partial charge on any atom is -0.406 e. The Balaban J connectivity index is 1.07. The third kappa shape index (κ3) is 8.90. The lowest BCUT2D eigenvalue weighted by molar-refractivity contribution is -0.274. The zero-order chi connectivity index (χ0) is 34.2. The van der Waals surface area contributed by atoms with Crippen LogP contribution in [0.15, 0.2) is 102 Å². The van der Waals surface area contributed by atoms with Gasteiger partial charge in [-0.3, -0.25) is 10.3 Å². The van der Waals surface area contributed by atoms with Gasteiger partial charge in [0, 0.05) is 53.4 Å². The molecule has 1 aliphatic rings. The lowest BCUT2D eigenvalue weighted by Crippen LogP contribution is -2.26. The number of benzene rings is 3. The van der Waals surface area contributed by atoms with E-state index in [1.165, 1.54) is 23.5 Å². The van der Waals surface area contributed by atoms with Crippen molar-refractivity contribution in [3.63, 3.8) is 0 Å². The molecule has 0 aliphatic carbocycles. The fourth-order valence-corrected chi connectivity index (χ4v) is 6.18. The van der Waals surface area contributed by atoms with Gasteiger partial charge in [-0.1, -0.05) is 24.3 Å². The first-order valence-electron chi connectivity index (χ1n) is 15.3. The summed E-state index contributed by atoms with van der Waals surface area (Å²) >= 11 is 1.44. The lowest BCUT2D eigenvalue weighted by atomic mass is 10.1. The number of anilines is 3. The number of alkyl halides is 3. The Labute approximate surface area is 284 Å². The molecule has 14 heteroatoms. The van der Waals surface area contributed by atoms with E-state index in [0.717, 1.165) is 46.0 Å². The summed E-state index contributed by atoms with van der Waals surface area (Å²) in [6.07, 6.45) is 1.48. The van der Waals surface area contributed by atoms with Gasteiger partial charge in [0.05, 0.1) is 17.5 Å². The molecule has 3 heterocycles. The number of ether oxygens (including phenoxy) is 1. The van der Waals surface area contributed by atoms with Crippen molar-refractivity contribution in [1.82, 2.24) is 20.6 Å². The van der Waals surface area contributed by atoms with Crippen LogP contribution in [0.25, 0.3) is 11.3 Å². The summed E-state index contributed by atoms with van der Waals surface area (Å²) in [6, 6.07) is 22.9. The smallest absolute Gasteiger partial charge is 0.406 e. The van der Waals surface area contributed by atoms with Crippen molar-refractivity contribution in [3.8, 4) is 23.2 Å². The molecule has 0 amide bonds. The second-order valence-corrected chi connectivity index (χ2v) is 11.9. The van der Waals surface area contributed by atoms with Gasteiger partial charge >= 0.3 is 6.36 Å². The van der Waals surface area contributed by atoms with Crippen LogP contribution in [0.2, 0.25) is 0 Å². The van der Waals surface area contributed by atoms with Crippen LogP contribution in [0.5, 0.6) is 5.75 Å². The molecular formula is C35H31F3N8O2S. The number of hydrogen-bond acceptors (Lipinski definition) is 9. The molecule has 0 saturated heterocycles. The molecule has 1 aliphatic heterocycles. The average molecular weight is 685 g/mol. The van der Waals surface area contributed by atoms with Crippen LogP contribution in [0.1, 0.15) is 22.8 Å². The van der Waals surface area contributed by atoms with Crippen molar-refractivity contribution in [3.05, 3.63) is 113 Å². The number of guanidine groups is 1. The monoisotopic (exact) mass is 684 g/mol. The first-order valence-corrected chi connectivity index (χ1v) is 16.2. The number of aliphatic hydroxyl groups is 1. The van der Waals surface area contributed by atoms with Gasteiger partial charge in [0.15, 0.2) is 11.3 Å². The van der Waals surface area contributed by atoms with Gasteiger partial charge in [0.2, 0.25) is 5.96 Å². The number of aromatic nitrogens is 2. The van der Waals surface area contributed by atoms with E-state index in [0.29, 0.717) is 36.6 Å². The van der Waals surface area contributed by atoms with Crippen molar-refractivity contribution in [2.24, 2.45) is 4.99 Å². The van der Waals surface area contributed by atoms with Crippen molar-refractivity contribution < 1.29 is 23.0 Å². The Hall–Kier alpha value is -5.49. The molecule has 2 aromatic heterocycles. The second kappa shape index (κ2) is 15.2. The Kier molecular flexibility index (Phi) is 10.3. The third-order valence-electron chi connectivity index (χ3n) is 7.70. The number of rotatable bonds is 11. The lowest BCUT2D eigenvalue weighted by Gasteiger charge is -2.17. The van der Waals surface area contributed by atoms with E-state index in [1.807, 2.05) is 60.1 Å². The van der Waals surface area contributed by atoms with Crippen LogP contribution in [0, 0.1) is 11.5 Å². The van der Waals surface area contributed by atoms with Gasteiger partial charge in [-0.15, -0.1) is 24.5 Å². The molecule has 0 unspecified atom stereocenters. The topological polar surface area (TPSA) is 131 Å². The SMILES string of the molecule is N#CNC(=Nc1ccc(CCNC[C@H](O)c2cccnc2)cc1)Nc1ccc2c(c1)N(c1nc(-c3ccc(OC(F)(F)F)cc3)cs1)CC2. The van der Waals surface area contributed by atoms with Crippen molar-refractivity contribution in [2.45, 2.75) is 25.3 Å². The summed E-state index contributed by atoms with van der Waals surface area (Å²) in [5.74, 6) is -0.0230. The number of halogens is 3. The van der Waals surface area contributed by atoms with Gasteiger partial charge in [0.1, 0.15) is 5.75 Å². The van der Waals surface area contributed by atoms with Crippen molar-refractivity contribution >= 4 is 39.5 Å². The molecule has 1 atom stereocenters. The van der Waals surface area contributed by atoms with Crippen LogP contribution >= 0.6 is 11.3 Å². The largest absolute Gasteiger partial charge is 0.573 e. The van der Waals surface area contributed by atoms with E-state index in [1.54, 1.807) is 30.6 Å². The summed E-state index contributed by atoms with van der Waals surface area (Å²) in [5, 5.41) is 31.4. The van der Waals surface area contributed by atoms with Crippen LogP contribution in [-0.4, -0.2) is 47.0 Å². The van der Waals surface area contributed by atoms with E-state index in [4.69, 9.17) is 4.98 Å². The maximum absolute atomic E-state index is 12.5. The molecule has 0 spiro atoms. The van der Waals surface area contributed by atoms with E-state index in [2.05, 4.69) is 35.6 Å². The predicted molar refractivity (Wildman–Crippen MR) is 183 cm³/mol. The highest BCUT2D eigenvalue weighted by Crippen LogP contribution is 2.39. The fourth-order valence-electron chi connectivity index (χ4n) is 5.31. The molecule has 5 aromatic rings. The van der Waals surface area contributed by atoms with Crippen LogP contribution in [0.4, 0.5) is 35.4 Å². The first-order chi connectivity index (χ1) is 23.7. The number of aliphatic hydroxyl groups excluding tert-OH is 1. The highest BCUT2D eigenvalue weighted by molar-refractivity contribution is 7.14. The Morgan fingerprint density at radius 1 is 1.10 bits per heavy atom. The minimum absolute atomic E-state index is 0.264. The summed E-state index contributed by atoms with van der Waals surface area (Å²) < 4.78 is 41.6. The number of thiazole rings is 1. The highest BCUT2D eigenvalue weighted by atomic mass is 32.1. The molecule has 4 N–H and O–H groups in total. The number of hydrogen-bond donors (Lipinski definition) is 4. The number of nitrogens with one attached hydrogen (secondary N) is 3. The van der Waals surface area contributed by atoms with Crippen molar-refractivity contribution in [2.75, 3.05) is 29.9 Å². The standard InChI is InChI=1S/C35H31F3N8O2S/c36-35(37,38)48-29-11-6-24(7-12-29)30-21-49-34(45-30)46-17-14-25-5-10-28(18-31(25)46)44-33(42-22-39)43-27-8-3-23(4-9-27)13-16-41-20-32(47)26-2-1-15-40-19-26/h1-12,15,18-19,21,32,41,47H,13-14,16-17,20H2,(H2,42,43,44)/t32-/m0/s1. The molecule has 250 valence electrons.